The molecule has 5 heteroatoms. The zero-order valence-electron chi connectivity index (χ0n) is 13.5. The fourth-order valence-corrected chi connectivity index (χ4v) is 2.03. The van der Waals surface area contributed by atoms with Crippen molar-refractivity contribution < 1.29 is 14.3 Å². The van der Waals surface area contributed by atoms with Gasteiger partial charge in [0.2, 0.25) is 0 Å². The van der Waals surface area contributed by atoms with Gasteiger partial charge in [0.25, 0.3) is 0 Å². The van der Waals surface area contributed by atoms with E-state index in [2.05, 4.69) is 5.32 Å². The fraction of sp³-hybridized carbons (Fsp3) is 0.278. The molecule has 23 heavy (non-hydrogen) atoms. The zero-order chi connectivity index (χ0) is 16.5. The highest BCUT2D eigenvalue weighted by Gasteiger charge is 2.09. The Bertz CT molecular complexity index is 617. The van der Waals surface area contributed by atoms with Crippen LogP contribution >= 0.6 is 0 Å². The standard InChI is InChI=1S/C18H22N2O3/c1-3-22-16-10-7-11-17(14-16)23-13-12-19-18(21)20(2)15-8-5-4-6-9-15/h4-11,14H,3,12-13H2,1-2H3,(H,19,21). The minimum atomic E-state index is -0.164. The lowest BCUT2D eigenvalue weighted by atomic mass is 10.3. The first kappa shape index (κ1) is 16.7. The number of anilines is 1. The highest BCUT2D eigenvalue weighted by Crippen LogP contribution is 2.19. The SMILES string of the molecule is CCOc1cccc(OCCNC(=O)N(C)c2ccccc2)c1. The highest BCUT2D eigenvalue weighted by molar-refractivity contribution is 5.91. The summed E-state index contributed by atoms with van der Waals surface area (Å²) in [7, 11) is 1.73. The number of amides is 2. The van der Waals surface area contributed by atoms with Gasteiger partial charge < -0.3 is 14.8 Å². The highest BCUT2D eigenvalue weighted by atomic mass is 16.5. The number of urea groups is 1. The molecule has 0 aliphatic rings. The molecule has 0 aromatic heterocycles. The van der Waals surface area contributed by atoms with E-state index in [1.165, 1.54) is 0 Å². The number of carbonyl (C=O) groups is 1. The minimum absolute atomic E-state index is 0.164. The van der Waals surface area contributed by atoms with Gasteiger partial charge in [0.1, 0.15) is 18.1 Å². The normalized spacial score (nSPS) is 10.0. The third kappa shape index (κ3) is 5.21. The molecule has 2 amide bonds. The van der Waals surface area contributed by atoms with Crippen LogP contribution in [0, 0.1) is 0 Å². The first-order chi connectivity index (χ1) is 11.2. The third-order valence-electron chi connectivity index (χ3n) is 3.21. The van der Waals surface area contributed by atoms with E-state index in [1.54, 1.807) is 11.9 Å². The van der Waals surface area contributed by atoms with Gasteiger partial charge in [0, 0.05) is 18.8 Å². The summed E-state index contributed by atoms with van der Waals surface area (Å²) in [5, 5.41) is 2.82. The average molecular weight is 314 g/mol. The molecule has 0 saturated heterocycles. The predicted molar refractivity (Wildman–Crippen MR) is 91.3 cm³/mol. The van der Waals surface area contributed by atoms with Crippen LogP contribution < -0.4 is 19.7 Å². The first-order valence-electron chi connectivity index (χ1n) is 7.63. The van der Waals surface area contributed by atoms with Crippen LogP contribution in [-0.2, 0) is 0 Å². The number of hydrogen-bond donors (Lipinski definition) is 1. The van der Waals surface area contributed by atoms with Gasteiger partial charge in [0.15, 0.2) is 0 Å². The second-order valence-corrected chi connectivity index (χ2v) is 4.88. The molecule has 0 radical (unpaired) electrons. The molecule has 0 bridgehead atoms. The monoisotopic (exact) mass is 314 g/mol. The number of nitrogens with one attached hydrogen (secondary N) is 1. The van der Waals surface area contributed by atoms with Crippen LogP contribution in [0.5, 0.6) is 11.5 Å². The Balaban J connectivity index is 1.74. The summed E-state index contributed by atoms with van der Waals surface area (Å²) < 4.78 is 11.0. The number of para-hydroxylation sites is 1. The molecule has 2 aromatic carbocycles. The van der Waals surface area contributed by atoms with Crippen molar-refractivity contribution in [3.8, 4) is 11.5 Å². The molecular formula is C18H22N2O3. The van der Waals surface area contributed by atoms with Crippen molar-refractivity contribution in [3.63, 3.8) is 0 Å². The van der Waals surface area contributed by atoms with E-state index in [0.717, 1.165) is 17.2 Å². The summed E-state index contributed by atoms with van der Waals surface area (Å²) in [6.45, 7) is 3.37. The second kappa shape index (κ2) is 8.68. The summed E-state index contributed by atoms with van der Waals surface area (Å²) in [5.74, 6) is 1.50. The Kier molecular flexibility index (Phi) is 6.29. The lowest BCUT2D eigenvalue weighted by Crippen LogP contribution is -2.39. The van der Waals surface area contributed by atoms with E-state index in [0.29, 0.717) is 19.8 Å². The lowest BCUT2D eigenvalue weighted by molar-refractivity contribution is 0.242. The molecule has 122 valence electrons. The molecule has 2 rings (SSSR count). The smallest absolute Gasteiger partial charge is 0.321 e. The Labute approximate surface area is 136 Å². The molecule has 2 aromatic rings. The molecule has 0 aliphatic carbocycles. The number of carbonyl (C=O) groups excluding carboxylic acids is 1. The largest absolute Gasteiger partial charge is 0.494 e. The maximum absolute atomic E-state index is 12.0. The molecule has 0 heterocycles. The summed E-state index contributed by atoms with van der Waals surface area (Å²) >= 11 is 0. The van der Waals surface area contributed by atoms with E-state index < -0.39 is 0 Å². The zero-order valence-corrected chi connectivity index (χ0v) is 13.5. The number of rotatable bonds is 7. The molecule has 0 spiro atoms. The number of ether oxygens (including phenoxy) is 2. The molecule has 0 saturated carbocycles. The maximum Gasteiger partial charge on any atom is 0.321 e. The quantitative estimate of drug-likeness (QED) is 0.798. The van der Waals surface area contributed by atoms with Crippen LogP contribution in [0.3, 0.4) is 0 Å². The predicted octanol–water partition coefficient (Wildman–Crippen LogP) is 3.31. The van der Waals surface area contributed by atoms with Crippen molar-refractivity contribution in [2.45, 2.75) is 6.92 Å². The maximum atomic E-state index is 12.0. The van der Waals surface area contributed by atoms with Gasteiger partial charge in [-0.05, 0) is 31.2 Å². The van der Waals surface area contributed by atoms with Crippen LogP contribution in [0.4, 0.5) is 10.5 Å². The third-order valence-corrected chi connectivity index (χ3v) is 3.21. The number of nitrogens with zero attached hydrogens (tertiary/aromatic N) is 1. The van der Waals surface area contributed by atoms with Crippen LogP contribution in [0.15, 0.2) is 54.6 Å². The van der Waals surface area contributed by atoms with Crippen LogP contribution in [0.1, 0.15) is 6.92 Å². The van der Waals surface area contributed by atoms with Gasteiger partial charge in [-0.2, -0.15) is 0 Å². The lowest BCUT2D eigenvalue weighted by Gasteiger charge is -2.18. The summed E-state index contributed by atoms with van der Waals surface area (Å²) in [4.78, 5) is 13.6. The van der Waals surface area contributed by atoms with Gasteiger partial charge in [-0.1, -0.05) is 24.3 Å². The number of hydrogen-bond acceptors (Lipinski definition) is 3. The Morgan fingerprint density at radius 2 is 1.74 bits per heavy atom. The molecule has 0 unspecified atom stereocenters. The van der Waals surface area contributed by atoms with E-state index in [4.69, 9.17) is 9.47 Å². The Morgan fingerprint density at radius 3 is 2.43 bits per heavy atom. The van der Waals surface area contributed by atoms with Gasteiger partial charge >= 0.3 is 6.03 Å². The summed E-state index contributed by atoms with van der Waals surface area (Å²) in [5.41, 5.74) is 0.843. The van der Waals surface area contributed by atoms with Crippen molar-refractivity contribution in [1.29, 1.82) is 0 Å². The summed E-state index contributed by atoms with van der Waals surface area (Å²) in [6.07, 6.45) is 0. The van der Waals surface area contributed by atoms with Crippen molar-refractivity contribution in [3.05, 3.63) is 54.6 Å². The average Bonchev–Trinajstić information content (AvgIpc) is 2.59. The number of benzene rings is 2. The van der Waals surface area contributed by atoms with Gasteiger partial charge in [-0.15, -0.1) is 0 Å². The van der Waals surface area contributed by atoms with Crippen LogP contribution in [0.25, 0.3) is 0 Å². The Hall–Kier alpha value is -2.69. The van der Waals surface area contributed by atoms with Gasteiger partial charge in [0.05, 0.1) is 13.2 Å². The van der Waals surface area contributed by atoms with Crippen molar-refractivity contribution in [2.24, 2.45) is 0 Å². The molecule has 0 aliphatic heterocycles. The Morgan fingerprint density at radius 1 is 1.04 bits per heavy atom. The fourth-order valence-electron chi connectivity index (χ4n) is 2.03. The molecule has 5 nitrogen and oxygen atoms in total. The molecule has 0 fully saturated rings. The molecular weight excluding hydrogens is 292 g/mol. The van der Waals surface area contributed by atoms with Gasteiger partial charge in [-0.25, -0.2) is 4.79 Å². The van der Waals surface area contributed by atoms with E-state index in [9.17, 15) is 4.79 Å². The van der Waals surface area contributed by atoms with Crippen molar-refractivity contribution >= 4 is 11.7 Å². The second-order valence-electron chi connectivity index (χ2n) is 4.88. The van der Waals surface area contributed by atoms with Gasteiger partial charge in [-0.3, -0.25) is 4.90 Å². The van der Waals surface area contributed by atoms with Crippen LogP contribution in [0.2, 0.25) is 0 Å². The molecule has 0 atom stereocenters. The van der Waals surface area contributed by atoms with E-state index in [-0.39, 0.29) is 6.03 Å². The van der Waals surface area contributed by atoms with E-state index in [1.807, 2.05) is 61.5 Å². The van der Waals surface area contributed by atoms with Crippen LogP contribution in [-0.4, -0.2) is 32.8 Å². The van der Waals surface area contributed by atoms with Crippen molar-refractivity contribution in [1.82, 2.24) is 5.32 Å². The minimum Gasteiger partial charge on any atom is -0.494 e. The topological polar surface area (TPSA) is 50.8 Å². The van der Waals surface area contributed by atoms with E-state index >= 15 is 0 Å². The van der Waals surface area contributed by atoms with Crippen molar-refractivity contribution in [2.75, 3.05) is 31.7 Å². The molecule has 1 N–H and O–H groups in total. The first-order valence-corrected chi connectivity index (χ1v) is 7.63. The summed E-state index contributed by atoms with van der Waals surface area (Å²) in [6, 6.07) is 16.8.